The average molecular weight is 286 g/mol. The molecule has 2 rings (SSSR count). The number of aliphatic hydroxyl groups is 1. The molecule has 21 heavy (non-hydrogen) atoms. The second-order valence-corrected chi connectivity index (χ2v) is 5.15. The minimum atomic E-state index is -0.633. The molecule has 0 aliphatic carbocycles. The average Bonchev–Trinajstić information content (AvgIpc) is 2.52. The normalized spacial score (nSPS) is 13.9. The van der Waals surface area contributed by atoms with Crippen LogP contribution < -0.4 is 10.6 Å². The van der Waals surface area contributed by atoms with Crippen LogP contribution in [0.5, 0.6) is 0 Å². The molecule has 0 aliphatic heterocycles. The Morgan fingerprint density at radius 1 is 1.19 bits per heavy atom. The molecule has 2 unspecified atom stereocenters. The highest BCUT2D eigenvalue weighted by atomic mass is 16.3. The summed E-state index contributed by atoms with van der Waals surface area (Å²) in [5.74, 6) is -0.0526. The van der Waals surface area contributed by atoms with Gasteiger partial charge in [-0.15, -0.1) is 0 Å². The van der Waals surface area contributed by atoms with E-state index >= 15 is 0 Å². The van der Waals surface area contributed by atoms with Crippen molar-refractivity contribution < 1.29 is 9.90 Å². The van der Waals surface area contributed by atoms with Crippen molar-refractivity contribution in [2.75, 3.05) is 13.1 Å². The highest BCUT2D eigenvalue weighted by Gasteiger charge is 2.14. The third-order valence-corrected chi connectivity index (χ3v) is 3.52. The van der Waals surface area contributed by atoms with Crippen LogP contribution >= 0.6 is 0 Å². The van der Waals surface area contributed by atoms with E-state index in [1.807, 2.05) is 49.4 Å². The predicted molar refractivity (Wildman–Crippen MR) is 85.1 cm³/mol. The van der Waals surface area contributed by atoms with Crippen molar-refractivity contribution >= 4 is 16.7 Å². The van der Waals surface area contributed by atoms with Gasteiger partial charge in [0.1, 0.15) is 0 Å². The lowest BCUT2D eigenvalue weighted by Crippen LogP contribution is -2.43. The molecule has 4 heteroatoms. The number of hydrogen-bond acceptors (Lipinski definition) is 3. The van der Waals surface area contributed by atoms with Gasteiger partial charge in [-0.1, -0.05) is 36.4 Å². The summed E-state index contributed by atoms with van der Waals surface area (Å²) >= 11 is 0. The lowest BCUT2D eigenvalue weighted by molar-refractivity contribution is -0.122. The Morgan fingerprint density at radius 3 is 2.62 bits per heavy atom. The molecule has 0 radical (unpaired) electrons. The molecule has 0 aromatic heterocycles. The first-order chi connectivity index (χ1) is 10.1. The van der Waals surface area contributed by atoms with Gasteiger partial charge >= 0.3 is 0 Å². The van der Waals surface area contributed by atoms with Crippen molar-refractivity contribution in [1.82, 2.24) is 10.6 Å². The lowest BCUT2D eigenvalue weighted by atomic mass is 10.0. The van der Waals surface area contributed by atoms with E-state index in [-0.39, 0.29) is 11.9 Å². The quantitative estimate of drug-likeness (QED) is 0.761. The van der Waals surface area contributed by atoms with E-state index in [9.17, 15) is 9.90 Å². The molecule has 2 aromatic rings. The van der Waals surface area contributed by atoms with E-state index in [1.54, 1.807) is 6.92 Å². The number of amides is 1. The number of nitrogens with one attached hydrogen (secondary N) is 2. The van der Waals surface area contributed by atoms with E-state index < -0.39 is 6.10 Å². The van der Waals surface area contributed by atoms with Gasteiger partial charge in [0.25, 0.3) is 0 Å². The van der Waals surface area contributed by atoms with Gasteiger partial charge in [-0.3, -0.25) is 4.79 Å². The Bertz CT molecular complexity index is 613. The largest absolute Gasteiger partial charge is 0.387 e. The number of carbonyl (C=O) groups is 1. The minimum Gasteiger partial charge on any atom is -0.387 e. The molecule has 0 saturated carbocycles. The summed E-state index contributed by atoms with van der Waals surface area (Å²) in [6, 6.07) is 13.6. The minimum absolute atomic E-state index is 0.0526. The predicted octanol–water partition coefficient (Wildman–Crippen LogP) is 1.99. The number of rotatable bonds is 6. The molecule has 3 N–H and O–H groups in total. The Labute approximate surface area is 125 Å². The summed E-state index contributed by atoms with van der Waals surface area (Å²) in [7, 11) is 0. The van der Waals surface area contributed by atoms with Gasteiger partial charge in [-0.25, -0.2) is 0 Å². The Morgan fingerprint density at radius 2 is 1.90 bits per heavy atom. The molecule has 0 spiro atoms. The fourth-order valence-corrected chi connectivity index (χ4v) is 2.24. The maximum atomic E-state index is 11.6. The van der Waals surface area contributed by atoms with Crippen molar-refractivity contribution in [2.45, 2.75) is 26.0 Å². The van der Waals surface area contributed by atoms with E-state index in [4.69, 9.17) is 0 Å². The summed E-state index contributed by atoms with van der Waals surface area (Å²) in [4.78, 5) is 11.6. The van der Waals surface area contributed by atoms with Gasteiger partial charge in [0.15, 0.2) is 0 Å². The van der Waals surface area contributed by atoms with Crippen LogP contribution in [0.15, 0.2) is 42.5 Å². The monoisotopic (exact) mass is 286 g/mol. The molecule has 0 heterocycles. The van der Waals surface area contributed by atoms with Crippen LogP contribution in [-0.4, -0.2) is 30.1 Å². The molecule has 112 valence electrons. The maximum absolute atomic E-state index is 11.6. The highest BCUT2D eigenvalue weighted by Crippen LogP contribution is 2.20. The Hall–Kier alpha value is -1.91. The maximum Gasteiger partial charge on any atom is 0.236 e. The number of carbonyl (C=O) groups excluding carboxylic acids is 1. The zero-order chi connectivity index (χ0) is 15.2. The van der Waals surface area contributed by atoms with Gasteiger partial charge < -0.3 is 15.7 Å². The van der Waals surface area contributed by atoms with Crippen LogP contribution in [-0.2, 0) is 4.79 Å². The molecular formula is C17H22N2O2. The lowest BCUT2D eigenvalue weighted by Gasteiger charge is -2.17. The zero-order valence-electron chi connectivity index (χ0n) is 12.5. The second-order valence-electron chi connectivity index (χ2n) is 5.15. The van der Waals surface area contributed by atoms with Crippen LogP contribution in [0.4, 0.5) is 0 Å². The van der Waals surface area contributed by atoms with Crippen LogP contribution in [0.3, 0.4) is 0 Å². The third-order valence-electron chi connectivity index (χ3n) is 3.52. The number of likely N-dealkylation sites (N-methyl/N-ethyl adjacent to an activating group) is 1. The van der Waals surface area contributed by atoms with E-state index in [0.29, 0.717) is 13.1 Å². The molecule has 0 fully saturated rings. The molecule has 0 bridgehead atoms. The summed E-state index contributed by atoms with van der Waals surface area (Å²) in [6.45, 7) is 4.63. The Balaban J connectivity index is 1.98. The Kier molecular flexibility index (Phi) is 5.31. The number of hydrogen-bond donors (Lipinski definition) is 3. The molecule has 0 saturated heterocycles. The molecule has 0 aliphatic rings. The molecular weight excluding hydrogens is 264 g/mol. The van der Waals surface area contributed by atoms with Crippen LogP contribution in [0.1, 0.15) is 25.5 Å². The fourth-order valence-electron chi connectivity index (χ4n) is 2.24. The summed E-state index contributed by atoms with van der Waals surface area (Å²) in [5.41, 5.74) is 0.851. The summed E-state index contributed by atoms with van der Waals surface area (Å²) < 4.78 is 0. The first-order valence-corrected chi connectivity index (χ1v) is 7.29. The highest BCUT2D eigenvalue weighted by molar-refractivity contribution is 5.83. The van der Waals surface area contributed by atoms with E-state index in [1.165, 1.54) is 0 Å². The first kappa shape index (κ1) is 15.5. The third kappa shape index (κ3) is 4.03. The molecule has 1 amide bonds. The first-order valence-electron chi connectivity index (χ1n) is 7.29. The smallest absolute Gasteiger partial charge is 0.236 e. The van der Waals surface area contributed by atoms with E-state index in [2.05, 4.69) is 10.6 Å². The topological polar surface area (TPSA) is 61.4 Å². The van der Waals surface area contributed by atoms with Gasteiger partial charge in [0, 0.05) is 13.1 Å². The molecule has 4 nitrogen and oxygen atoms in total. The van der Waals surface area contributed by atoms with Crippen LogP contribution in [0.25, 0.3) is 10.8 Å². The van der Waals surface area contributed by atoms with Crippen molar-refractivity contribution in [1.29, 1.82) is 0 Å². The SMILES string of the molecule is CCNC(=O)C(C)NCC(O)c1ccc2ccccc2c1. The standard InChI is InChI=1S/C17H22N2O2/c1-3-18-17(21)12(2)19-11-16(20)15-9-8-13-6-4-5-7-14(13)10-15/h4-10,12,16,19-20H,3,11H2,1-2H3,(H,18,21). The summed E-state index contributed by atoms with van der Waals surface area (Å²) in [5, 5.41) is 18.3. The van der Waals surface area contributed by atoms with Crippen molar-refractivity contribution in [3.63, 3.8) is 0 Å². The zero-order valence-corrected chi connectivity index (χ0v) is 12.5. The molecule has 2 atom stereocenters. The van der Waals surface area contributed by atoms with Gasteiger partial charge in [-0.2, -0.15) is 0 Å². The van der Waals surface area contributed by atoms with E-state index in [0.717, 1.165) is 16.3 Å². The number of fused-ring (bicyclic) bond motifs is 1. The van der Waals surface area contributed by atoms with Crippen LogP contribution in [0.2, 0.25) is 0 Å². The van der Waals surface area contributed by atoms with Crippen molar-refractivity contribution in [3.05, 3.63) is 48.0 Å². The summed E-state index contributed by atoms with van der Waals surface area (Å²) in [6.07, 6.45) is -0.633. The second kappa shape index (κ2) is 7.20. The number of aliphatic hydroxyl groups excluding tert-OH is 1. The fraction of sp³-hybridized carbons (Fsp3) is 0.353. The number of benzene rings is 2. The van der Waals surface area contributed by atoms with Crippen molar-refractivity contribution in [3.8, 4) is 0 Å². The van der Waals surface area contributed by atoms with Gasteiger partial charge in [0.2, 0.25) is 5.91 Å². The van der Waals surface area contributed by atoms with Gasteiger partial charge in [0.05, 0.1) is 12.1 Å². The van der Waals surface area contributed by atoms with Crippen molar-refractivity contribution in [2.24, 2.45) is 0 Å². The molecule has 2 aromatic carbocycles. The van der Waals surface area contributed by atoms with Gasteiger partial charge in [-0.05, 0) is 36.2 Å². The van der Waals surface area contributed by atoms with Crippen LogP contribution in [0, 0.1) is 0 Å².